The average Bonchev–Trinajstić information content (AvgIpc) is 2.38. The fourth-order valence-corrected chi connectivity index (χ4v) is 3.94. The molecule has 2 rings (SSSR count). The summed E-state index contributed by atoms with van der Waals surface area (Å²) in [5.74, 6) is -0.377. The molecule has 110 valence electrons. The summed E-state index contributed by atoms with van der Waals surface area (Å²) in [4.78, 5) is 13.9. The van der Waals surface area contributed by atoms with Gasteiger partial charge in [-0.15, -0.1) is 0 Å². The Labute approximate surface area is 124 Å². The third-order valence-corrected chi connectivity index (χ3v) is 5.31. The Kier molecular flexibility index (Phi) is 4.70. The maximum atomic E-state index is 12.2. The molecule has 4 nitrogen and oxygen atoms in total. The van der Waals surface area contributed by atoms with Gasteiger partial charge >= 0.3 is 0 Å². The SMILES string of the molecule is C[C@H]1CCCN(C(=O)CS(=O)(=O)c2cccc(Cl)c2)C1. The highest BCUT2D eigenvalue weighted by molar-refractivity contribution is 7.92. The standard InChI is InChI=1S/C14H18ClNO3S/c1-11-4-3-7-16(9-11)14(17)10-20(18,19)13-6-2-5-12(15)8-13/h2,5-6,8,11H,3-4,7,9-10H2,1H3/t11-/m0/s1. The van der Waals surface area contributed by atoms with Crippen molar-refractivity contribution < 1.29 is 13.2 Å². The third-order valence-electron chi connectivity index (χ3n) is 3.48. The van der Waals surface area contributed by atoms with Gasteiger partial charge < -0.3 is 4.90 Å². The number of piperidine rings is 1. The van der Waals surface area contributed by atoms with Crippen LogP contribution in [0.2, 0.25) is 5.02 Å². The summed E-state index contributed by atoms with van der Waals surface area (Å²) in [5, 5.41) is 0.352. The average molecular weight is 316 g/mol. The number of carbonyl (C=O) groups is 1. The van der Waals surface area contributed by atoms with Gasteiger partial charge in [-0.05, 0) is 37.0 Å². The normalized spacial score (nSPS) is 19.9. The minimum atomic E-state index is -3.62. The van der Waals surface area contributed by atoms with Crippen LogP contribution >= 0.6 is 11.6 Å². The number of benzene rings is 1. The number of nitrogens with zero attached hydrogens (tertiary/aromatic N) is 1. The van der Waals surface area contributed by atoms with Gasteiger partial charge in [-0.25, -0.2) is 8.42 Å². The zero-order valence-corrected chi connectivity index (χ0v) is 13.0. The van der Waals surface area contributed by atoms with Gasteiger partial charge in [-0.3, -0.25) is 4.79 Å². The zero-order chi connectivity index (χ0) is 14.8. The van der Waals surface area contributed by atoms with Crippen LogP contribution in [0.15, 0.2) is 29.2 Å². The van der Waals surface area contributed by atoms with Gasteiger partial charge in [0.25, 0.3) is 0 Å². The Balaban J connectivity index is 2.10. The third kappa shape index (κ3) is 3.73. The first-order valence-electron chi connectivity index (χ1n) is 6.64. The topological polar surface area (TPSA) is 54.5 Å². The number of amides is 1. The van der Waals surface area contributed by atoms with Crippen LogP contribution in [0.25, 0.3) is 0 Å². The van der Waals surface area contributed by atoms with Crippen LogP contribution in [0.3, 0.4) is 0 Å². The van der Waals surface area contributed by atoms with Gasteiger partial charge in [0.1, 0.15) is 5.75 Å². The lowest BCUT2D eigenvalue weighted by Crippen LogP contribution is -2.42. The molecule has 0 bridgehead atoms. The van der Waals surface area contributed by atoms with Crippen LogP contribution in [0.4, 0.5) is 0 Å². The molecular weight excluding hydrogens is 298 g/mol. The molecule has 1 aromatic rings. The number of rotatable bonds is 3. The molecule has 20 heavy (non-hydrogen) atoms. The monoisotopic (exact) mass is 315 g/mol. The van der Waals surface area contributed by atoms with Crippen molar-refractivity contribution in [1.29, 1.82) is 0 Å². The Morgan fingerprint density at radius 2 is 2.20 bits per heavy atom. The van der Waals surface area contributed by atoms with E-state index in [1.54, 1.807) is 17.0 Å². The summed E-state index contributed by atoms with van der Waals surface area (Å²) < 4.78 is 24.4. The van der Waals surface area contributed by atoms with E-state index < -0.39 is 15.6 Å². The van der Waals surface area contributed by atoms with Crippen molar-refractivity contribution in [2.75, 3.05) is 18.8 Å². The number of carbonyl (C=O) groups excluding carboxylic acids is 1. The molecule has 1 aliphatic heterocycles. The molecule has 1 aliphatic rings. The zero-order valence-electron chi connectivity index (χ0n) is 11.4. The number of likely N-dealkylation sites (tertiary alicyclic amines) is 1. The van der Waals surface area contributed by atoms with Crippen LogP contribution < -0.4 is 0 Å². The van der Waals surface area contributed by atoms with Gasteiger partial charge in [-0.1, -0.05) is 24.6 Å². The molecular formula is C14H18ClNO3S. The summed E-state index contributed by atoms with van der Waals surface area (Å²) in [6.45, 7) is 3.36. The van der Waals surface area contributed by atoms with E-state index in [1.165, 1.54) is 12.1 Å². The molecule has 1 heterocycles. The molecule has 1 aromatic carbocycles. The fraction of sp³-hybridized carbons (Fsp3) is 0.500. The van der Waals surface area contributed by atoms with E-state index in [0.29, 0.717) is 24.0 Å². The molecule has 0 unspecified atom stereocenters. The molecule has 0 radical (unpaired) electrons. The van der Waals surface area contributed by atoms with E-state index in [1.807, 2.05) is 0 Å². The quantitative estimate of drug-likeness (QED) is 0.860. The lowest BCUT2D eigenvalue weighted by molar-refractivity contribution is -0.130. The maximum absolute atomic E-state index is 12.2. The van der Waals surface area contributed by atoms with Gasteiger partial charge in [0, 0.05) is 18.1 Å². The fourth-order valence-electron chi connectivity index (χ4n) is 2.41. The van der Waals surface area contributed by atoms with Crippen molar-refractivity contribution in [3.05, 3.63) is 29.3 Å². The maximum Gasteiger partial charge on any atom is 0.238 e. The first kappa shape index (κ1) is 15.3. The highest BCUT2D eigenvalue weighted by atomic mass is 35.5. The van der Waals surface area contributed by atoms with Crippen molar-refractivity contribution in [2.24, 2.45) is 5.92 Å². The van der Waals surface area contributed by atoms with E-state index in [-0.39, 0.29) is 10.8 Å². The Morgan fingerprint density at radius 1 is 1.45 bits per heavy atom. The van der Waals surface area contributed by atoms with Crippen LogP contribution in [-0.2, 0) is 14.6 Å². The van der Waals surface area contributed by atoms with Crippen LogP contribution in [-0.4, -0.2) is 38.1 Å². The number of halogens is 1. The van der Waals surface area contributed by atoms with Crippen LogP contribution in [0.1, 0.15) is 19.8 Å². The second kappa shape index (κ2) is 6.14. The van der Waals surface area contributed by atoms with Crippen molar-refractivity contribution in [2.45, 2.75) is 24.7 Å². The molecule has 6 heteroatoms. The molecule has 0 N–H and O–H groups in total. The molecule has 1 amide bonds. The minimum Gasteiger partial charge on any atom is -0.342 e. The van der Waals surface area contributed by atoms with Crippen molar-refractivity contribution in [1.82, 2.24) is 4.90 Å². The minimum absolute atomic E-state index is 0.100. The van der Waals surface area contributed by atoms with E-state index in [4.69, 9.17) is 11.6 Å². The summed E-state index contributed by atoms with van der Waals surface area (Å²) in [7, 11) is -3.62. The Bertz CT molecular complexity index is 600. The highest BCUT2D eigenvalue weighted by Gasteiger charge is 2.26. The molecule has 0 aromatic heterocycles. The second-order valence-corrected chi connectivity index (χ2v) is 7.73. The van der Waals surface area contributed by atoms with E-state index in [0.717, 1.165) is 12.8 Å². The molecule has 0 spiro atoms. The number of sulfone groups is 1. The van der Waals surface area contributed by atoms with Gasteiger partial charge in [0.2, 0.25) is 5.91 Å². The van der Waals surface area contributed by atoms with Crippen LogP contribution in [0, 0.1) is 5.92 Å². The van der Waals surface area contributed by atoms with Gasteiger partial charge in [0.05, 0.1) is 4.90 Å². The molecule has 1 saturated heterocycles. The second-order valence-electron chi connectivity index (χ2n) is 5.30. The van der Waals surface area contributed by atoms with Crippen molar-refractivity contribution >= 4 is 27.3 Å². The summed E-state index contributed by atoms with van der Waals surface area (Å²) in [6.07, 6.45) is 2.02. The summed E-state index contributed by atoms with van der Waals surface area (Å²) in [6, 6.07) is 6.02. The van der Waals surface area contributed by atoms with E-state index in [9.17, 15) is 13.2 Å². The molecule has 1 fully saturated rings. The van der Waals surface area contributed by atoms with Crippen molar-refractivity contribution in [3.8, 4) is 0 Å². The largest absolute Gasteiger partial charge is 0.342 e. The summed E-state index contributed by atoms with van der Waals surface area (Å²) >= 11 is 5.80. The smallest absolute Gasteiger partial charge is 0.238 e. The summed E-state index contributed by atoms with van der Waals surface area (Å²) in [5.41, 5.74) is 0. The Morgan fingerprint density at radius 3 is 2.85 bits per heavy atom. The molecule has 1 atom stereocenters. The lowest BCUT2D eigenvalue weighted by atomic mass is 10.0. The predicted octanol–water partition coefficient (Wildman–Crippen LogP) is 2.37. The van der Waals surface area contributed by atoms with E-state index in [2.05, 4.69) is 6.92 Å². The Hall–Kier alpha value is -1.07. The van der Waals surface area contributed by atoms with Gasteiger partial charge in [-0.2, -0.15) is 0 Å². The predicted molar refractivity (Wildman–Crippen MR) is 78.5 cm³/mol. The van der Waals surface area contributed by atoms with Crippen LogP contribution in [0.5, 0.6) is 0 Å². The number of hydrogen-bond acceptors (Lipinski definition) is 3. The first-order valence-corrected chi connectivity index (χ1v) is 8.67. The molecule has 0 aliphatic carbocycles. The molecule has 0 saturated carbocycles. The number of hydrogen-bond donors (Lipinski definition) is 0. The van der Waals surface area contributed by atoms with E-state index >= 15 is 0 Å². The highest BCUT2D eigenvalue weighted by Crippen LogP contribution is 2.19. The van der Waals surface area contributed by atoms with Crippen molar-refractivity contribution in [3.63, 3.8) is 0 Å². The van der Waals surface area contributed by atoms with Gasteiger partial charge in [0.15, 0.2) is 9.84 Å². The first-order chi connectivity index (χ1) is 9.38. The lowest BCUT2D eigenvalue weighted by Gasteiger charge is -2.30.